The van der Waals surface area contributed by atoms with Crippen molar-refractivity contribution in [2.75, 3.05) is 0 Å². The third-order valence-corrected chi connectivity index (χ3v) is 2.41. The molecule has 84 valence electrons. The molecule has 0 aliphatic heterocycles. The molecule has 1 atom stereocenters. The van der Waals surface area contributed by atoms with Gasteiger partial charge in [-0.2, -0.15) is 5.26 Å². The molecule has 1 aromatic rings. The lowest BCUT2D eigenvalue weighted by Crippen LogP contribution is -2.45. The molecule has 1 rings (SSSR count). The Balaban J connectivity index is 2.98. The highest BCUT2D eigenvalue weighted by Gasteiger charge is 2.30. The van der Waals surface area contributed by atoms with Crippen LogP contribution in [0, 0.1) is 23.7 Å². The topological polar surface area (TPSA) is 82.9 Å². The van der Waals surface area contributed by atoms with Gasteiger partial charge in [0.1, 0.15) is 11.6 Å². The number of nitrogens with zero attached hydrogens (tertiary/aromatic N) is 1. The van der Waals surface area contributed by atoms with Gasteiger partial charge in [0, 0.05) is 0 Å². The Hall–Kier alpha value is -2.02. The van der Waals surface area contributed by atoms with Gasteiger partial charge >= 0.3 is 0 Å². The number of para-hydroxylation sites is 1. The molecule has 4 heteroatoms. The fourth-order valence-electron chi connectivity index (χ4n) is 1.25. The molecule has 16 heavy (non-hydrogen) atoms. The van der Waals surface area contributed by atoms with Crippen molar-refractivity contribution in [2.45, 2.75) is 25.9 Å². The molecule has 0 radical (unpaired) electrons. The minimum atomic E-state index is -1.05. The van der Waals surface area contributed by atoms with E-state index in [4.69, 9.17) is 21.1 Å². The van der Waals surface area contributed by atoms with Crippen LogP contribution in [-0.4, -0.2) is 11.4 Å². The van der Waals surface area contributed by atoms with Crippen LogP contribution in [0.2, 0.25) is 0 Å². The molecule has 3 N–H and O–H groups in total. The van der Waals surface area contributed by atoms with E-state index in [1.165, 1.54) is 0 Å². The largest absolute Gasteiger partial charge is 0.478 e. The Morgan fingerprint density at radius 3 is 2.69 bits per heavy atom. The fourth-order valence-corrected chi connectivity index (χ4v) is 1.25. The van der Waals surface area contributed by atoms with Gasteiger partial charge in [0.2, 0.25) is 0 Å². The number of benzene rings is 1. The molecule has 0 aliphatic carbocycles. The lowest BCUT2D eigenvalue weighted by atomic mass is 10.0. The molecule has 1 unspecified atom stereocenters. The highest BCUT2D eigenvalue weighted by atomic mass is 16.5. The zero-order chi connectivity index (χ0) is 12.2. The molecule has 0 saturated carbocycles. The molecule has 1 aromatic carbocycles. The summed E-state index contributed by atoms with van der Waals surface area (Å²) in [5, 5.41) is 16.2. The summed E-state index contributed by atoms with van der Waals surface area (Å²) in [5.74, 6) is 0.507. The predicted octanol–water partition coefficient (Wildman–Crippen LogP) is 1.98. The Kier molecular flexibility index (Phi) is 3.51. The number of nitrogens with two attached hydrogens (primary N) is 1. The van der Waals surface area contributed by atoms with E-state index < -0.39 is 5.60 Å². The molecule has 0 heterocycles. The average molecular weight is 217 g/mol. The van der Waals surface area contributed by atoms with Gasteiger partial charge in [-0.15, -0.1) is 0 Å². The van der Waals surface area contributed by atoms with Crippen LogP contribution in [-0.2, 0) is 0 Å². The van der Waals surface area contributed by atoms with Crippen molar-refractivity contribution in [3.8, 4) is 11.8 Å². The highest BCUT2D eigenvalue weighted by Crippen LogP contribution is 2.24. The Labute approximate surface area is 95.2 Å². The first-order valence-electron chi connectivity index (χ1n) is 4.95. The van der Waals surface area contributed by atoms with Crippen LogP contribution in [0.1, 0.15) is 18.9 Å². The summed E-state index contributed by atoms with van der Waals surface area (Å²) in [6.45, 7) is 3.55. The lowest BCUT2D eigenvalue weighted by molar-refractivity contribution is 0.163. The van der Waals surface area contributed by atoms with Crippen molar-refractivity contribution in [2.24, 2.45) is 5.73 Å². The summed E-state index contributed by atoms with van der Waals surface area (Å²) in [6.07, 6.45) is 0.0522. The standard InChI is InChI=1S/C12H15N3O/c1-9-5-3-4-6-10(9)16-12(2,7-8-13)11(14)15/h3-6H,7H2,1-2H3,(H3,14,15). The molecule has 0 spiro atoms. The third-order valence-electron chi connectivity index (χ3n) is 2.41. The van der Waals surface area contributed by atoms with E-state index in [0.717, 1.165) is 5.56 Å². The predicted molar refractivity (Wildman–Crippen MR) is 62.4 cm³/mol. The van der Waals surface area contributed by atoms with Crippen molar-refractivity contribution in [3.63, 3.8) is 0 Å². The zero-order valence-corrected chi connectivity index (χ0v) is 9.45. The molecule has 0 fully saturated rings. The van der Waals surface area contributed by atoms with Crippen molar-refractivity contribution in [1.82, 2.24) is 0 Å². The van der Waals surface area contributed by atoms with Gasteiger partial charge in [0.05, 0.1) is 12.5 Å². The summed E-state index contributed by atoms with van der Waals surface area (Å²) in [6, 6.07) is 9.43. The van der Waals surface area contributed by atoms with Gasteiger partial charge in [-0.25, -0.2) is 0 Å². The Bertz CT molecular complexity index is 436. The molecular formula is C12H15N3O. The number of hydrogen-bond acceptors (Lipinski definition) is 3. The number of rotatable bonds is 4. The van der Waals surface area contributed by atoms with E-state index in [0.29, 0.717) is 5.75 Å². The Morgan fingerprint density at radius 2 is 2.19 bits per heavy atom. The monoisotopic (exact) mass is 217 g/mol. The number of amidine groups is 1. The second kappa shape index (κ2) is 4.67. The highest BCUT2D eigenvalue weighted by molar-refractivity contribution is 5.86. The van der Waals surface area contributed by atoms with Crippen molar-refractivity contribution >= 4 is 5.84 Å². The van der Waals surface area contributed by atoms with E-state index in [-0.39, 0.29) is 12.3 Å². The average Bonchev–Trinajstić information content (AvgIpc) is 2.21. The van der Waals surface area contributed by atoms with Crippen LogP contribution < -0.4 is 10.5 Å². The molecule has 0 bridgehead atoms. The zero-order valence-electron chi connectivity index (χ0n) is 9.45. The summed E-state index contributed by atoms with van der Waals surface area (Å²) in [7, 11) is 0. The molecule has 4 nitrogen and oxygen atoms in total. The summed E-state index contributed by atoms with van der Waals surface area (Å²) in [5.41, 5.74) is 5.36. The lowest BCUT2D eigenvalue weighted by Gasteiger charge is -2.27. The number of nitriles is 1. The van der Waals surface area contributed by atoms with E-state index in [2.05, 4.69) is 0 Å². The molecule has 0 aromatic heterocycles. The van der Waals surface area contributed by atoms with Gasteiger partial charge in [-0.05, 0) is 25.5 Å². The van der Waals surface area contributed by atoms with Crippen LogP contribution in [0.25, 0.3) is 0 Å². The van der Waals surface area contributed by atoms with Crippen LogP contribution >= 0.6 is 0 Å². The summed E-state index contributed by atoms with van der Waals surface area (Å²) < 4.78 is 5.66. The molecular weight excluding hydrogens is 202 g/mol. The maximum atomic E-state index is 8.72. The van der Waals surface area contributed by atoms with Crippen LogP contribution in [0.5, 0.6) is 5.75 Å². The SMILES string of the molecule is Cc1ccccc1OC(C)(CC#N)C(=N)N. The second-order valence-electron chi connectivity index (χ2n) is 3.85. The number of ether oxygens (including phenoxy) is 1. The summed E-state index contributed by atoms with van der Waals surface area (Å²) >= 11 is 0. The van der Waals surface area contributed by atoms with Gasteiger partial charge in [-0.1, -0.05) is 18.2 Å². The Morgan fingerprint density at radius 1 is 1.56 bits per heavy atom. The maximum absolute atomic E-state index is 8.72. The van der Waals surface area contributed by atoms with E-state index in [1.807, 2.05) is 31.2 Å². The second-order valence-corrected chi connectivity index (χ2v) is 3.85. The molecule has 0 amide bonds. The van der Waals surface area contributed by atoms with Gasteiger partial charge < -0.3 is 10.5 Å². The van der Waals surface area contributed by atoms with E-state index >= 15 is 0 Å². The number of aryl methyl sites for hydroxylation is 1. The van der Waals surface area contributed by atoms with E-state index in [9.17, 15) is 0 Å². The first-order chi connectivity index (χ1) is 7.49. The van der Waals surface area contributed by atoms with Crippen LogP contribution in [0.4, 0.5) is 0 Å². The molecule has 0 saturated heterocycles. The number of hydrogen-bond donors (Lipinski definition) is 2. The van der Waals surface area contributed by atoms with Crippen LogP contribution in [0.3, 0.4) is 0 Å². The first-order valence-corrected chi connectivity index (χ1v) is 4.95. The fraction of sp³-hybridized carbons (Fsp3) is 0.333. The number of nitrogens with one attached hydrogen (secondary N) is 1. The van der Waals surface area contributed by atoms with Crippen LogP contribution in [0.15, 0.2) is 24.3 Å². The minimum absolute atomic E-state index is 0.0522. The third kappa shape index (κ3) is 2.51. The van der Waals surface area contributed by atoms with Gasteiger partial charge in [0.25, 0.3) is 0 Å². The first kappa shape index (κ1) is 12.1. The smallest absolute Gasteiger partial charge is 0.175 e. The van der Waals surface area contributed by atoms with Crippen molar-refractivity contribution in [3.05, 3.63) is 29.8 Å². The van der Waals surface area contributed by atoms with E-state index in [1.54, 1.807) is 13.0 Å². The van der Waals surface area contributed by atoms with Crippen molar-refractivity contribution < 1.29 is 4.74 Å². The minimum Gasteiger partial charge on any atom is -0.478 e. The normalized spacial score (nSPS) is 13.6. The summed E-state index contributed by atoms with van der Waals surface area (Å²) in [4.78, 5) is 0. The van der Waals surface area contributed by atoms with Crippen molar-refractivity contribution in [1.29, 1.82) is 10.7 Å². The quantitative estimate of drug-likeness (QED) is 0.597. The van der Waals surface area contributed by atoms with Gasteiger partial charge in [-0.3, -0.25) is 5.41 Å². The molecule has 0 aliphatic rings. The van der Waals surface area contributed by atoms with Gasteiger partial charge in [0.15, 0.2) is 5.60 Å². The maximum Gasteiger partial charge on any atom is 0.175 e.